The highest BCUT2D eigenvalue weighted by molar-refractivity contribution is 7.86. The molecule has 0 aliphatic heterocycles. The second kappa shape index (κ2) is 19.4. The lowest BCUT2D eigenvalue weighted by molar-refractivity contribution is -0.121. The molecule has 3 aliphatic carbocycles. The smallest absolute Gasteiger partial charge is 0.272 e. The topological polar surface area (TPSA) is 210 Å². The van der Waals surface area contributed by atoms with E-state index in [1.165, 1.54) is 28.0 Å². The number of hydrogen-bond acceptors (Lipinski definition) is 9. The quantitative estimate of drug-likeness (QED) is 0.0678. The van der Waals surface area contributed by atoms with Gasteiger partial charge >= 0.3 is 0 Å². The number of unbranched alkanes of at least 4 members (excludes halogenated alkanes) is 3. The number of nitrogens with zero attached hydrogens (tertiary/aromatic N) is 2. The van der Waals surface area contributed by atoms with E-state index in [0.717, 1.165) is 71.3 Å². The molecule has 60 heavy (non-hydrogen) atoms. The summed E-state index contributed by atoms with van der Waals surface area (Å²) in [4.78, 5) is 50.7. The summed E-state index contributed by atoms with van der Waals surface area (Å²) in [6.45, 7) is 3.23. The maximum Gasteiger partial charge on any atom is 0.272 e. The van der Waals surface area contributed by atoms with Crippen LogP contribution in [-0.2, 0) is 44.4 Å². The predicted octanol–water partition coefficient (Wildman–Crippen LogP) is 5.35. The van der Waals surface area contributed by atoms with Crippen LogP contribution in [0.25, 0.3) is 0 Å². The minimum Gasteiger partial charge on any atom is -0.508 e. The van der Waals surface area contributed by atoms with Crippen LogP contribution in [-0.4, -0.2) is 83.4 Å². The van der Waals surface area contributed by atoms with Crippen LogP contribution in [0.4, 0.5) is 11.4 Å². The Balaban J connectivity index is 0.861. The molecule has 2 aromatic heterocycles. The number of hydrogen-bond donors (Lipinski definition) is 6. The molecule has 0 saturated heterocycles. The van der Waals surface area contributed by atoms with Gasteiger partial charge in [-0.15, -0.1) is 0 Å². The van der Waals surface area contributed by atoms with Gasteiger partial charge in [0.2, 0.25) is 11.8 Å². The normalized spacial score (nSPS) is 23.2. The number of phenols is 1. The first-order chi connectivity index (χ1) is 28.6. The van der Waals surface area contributed by atoms with Crippen LogP contribution in [0.5, 0.6) is 5.75 Å². The number of phenolic OH excluding ortho intramolecular Hbond substituents is 1. The van der Waals surface area contributed by atoms with Crippen molar-refractivity contribution < 1.29 is 42.0 Å². The summed E-state index contributed by atoms with van der Waals surface area (Å²) in [5, 5.41) is 32.4. The lowest BCUT2D eigenvalue weighted by Gasteiger charge is -2.53. The molecule has 328 valence electrons. The van der Waals surface area contributed by atoms with Crippen molar-refractivity contribution in [3.63, 3.8) is 0 Å². The third-order valence-electron chi connectivity index (χ3n) is 13.4. The van der Waals surface area contributed by atoms with Crippen LogP contribution in [0.1, 0.15) is 122 Å². The number of aliphatic hydroxyl groups excluding tert-OH is 1. The monoisotopic (exact) mass is 850 g/mol. The highest BCUT2D eigenvalue weighted by Gasteiger charge is 2.56. The zero-order chi connectivity index (χ0) is 43.2. The number of rotatable bonds is 19. The molecule has 0 spiro atoms. The van der Waals surface area contributed by atoms with Gasteiger partial charge in [0, 0.05) is 52.4 Å². The molecule has 3 aromatic rings. The number of aromatic hydroxyl groups is 1. The average molecular weight is 851 g/mol. The fraction of sp³-hybridized carbons (Fsp3) is 0.591. The molecule has 2 fully saturated rings. The van der Waals surface area contributed by atoms with Gasteiger partial charge in [-0.05, 0) is 116 Å². The Kier molecular flexibility index (Phi) is 14.5. The van der Waals surface area contributed by atoms with Gasteiger partial charge in [0.25, 0.3) is 21.9 Å². The van der Waals surface area contributed by atoms with E-state index in [-0.39, 0.29) is 41.9 Å². The van der Waals surface area contributed by atoms with Crippen molar-refractivity contribution in [2.45, 2.75) is 102 Å². The Morgan fingerprint density at radius 3 is 2.25 bits per heavy atom. The van der Waals surface area contributed by atoms with Gasteiger partial charge in [-0.3, -0.25) is 23.4 Å². The van der Waals surface area contributed by atoms with Gasteiger partial charge in [0.15, 0.2) is 0 Å². The van der Waals surface area contributed by atoms with E-state index in [0.29, 0.717) is 66.0 Å². The fourth-order valence-corrected chi connectivity index (χ4v) is 10.8. The highest BCUT2D eigenvalue weighted by Crippen LogP contribution is 2.62. The third-order valence-corrected chi connectivity index (χ3v) is 14.6. The van der Waals surface area contributed by atoms with Crippen molar-refractivity contribution in [1.29, 1.82) is 0 Å². The molecule has 0 radical (unpaired) electrons. The molecule has 0 unspecified atom stereocenters. The van der Waals surface area contributed by atoms with Gasteiger partial charge in [-0.25, -0.2) is 0 Å². The number of fused-ring (bicyclic) bond motifs is 5. The lowest BCUT2D eigenvalue weighted by Crippen LogP contribution is -2.47. The first kappa shape index (κ1) is 44.9. The lowest BCUT2D eigenvalue weighted by atomic mass is 9.52. The van der Waals surface area contributed by atoms with E-state index in [1.807, 2.05) is 12.1 Å². The highest BCUT2D eigenvalue weighted by atomic mass is 32.2. The minimum atomic E-state index is -3.78. The Hall–Kier alpha value is -4.67. The molecule has 3 aliphatic rings. The van der Waals surface area contributed by atoms with E-state index >= 15 is 0 Å². The van der Waals surface area contributed by atoms with Crippen LogP contribution >= 0.6 is 0 Å². The number of aryl methyl sites for hydroxylation is 2. The van der Waals surface area contributed by atoms with Crippen LogP contribution in [0, 0.1) is 23.2 Å². The molecule has 4 amide bonds. The Morgan fingerprint density at radius 1 is 0.833 bits per heavy atom. The van der Waals surface area contributed by atoms with Gasteiger partial charge in [-0.1, -0.05) is 32.3 Å². The molecule has 0 bridgehead atoms. The molecule has 2 saturated carbocycles. The summed E-state index contributed by atoms with van der Waals surface area (Å²) in [5.41, 5.74) is 3.97. The summed E-state index contributed by atoms with van der Waals surface area (Å²) in [7, 11) is 0.553. The number of anilines is 2. The molecule has 6 atom stereocenters. The summed E-state index contributed by atoms with van der Waals surface area (Å²) < 4.78 is 30.4. The molecule has 6 rings (SSSR count). The Labute approximate surface area is 353 Å². The van der Waals surface area contributed by atoms with E-state index in [4.69, 9.17) is 0 Å². The van der Waals surface area contributed by atoms with Crippen LogP contribution in [0.2, 0.25) is 0 Å². The van der Waals surface area contributed by atoms with Crippen molar-refractivity contribution >= 4 is 45.1 Å². The summed E-state index contributed by atoms with van der Waals surface area (Å²) in [6, 6.07) is 8.96. The number of aromatic nitrogens is 2. The van der Waals surface area contributed by atoms with Crippen molar-refractivity contribution in [2.75, 3.05) is 36.6 Å². The van der Waals surface area contributed by atoms with E-state index in [9.17, 15) is 37.8 Å². The molecular formula is C44H62N6O9S. The summed E-state index contributed by atoms with van der Waals surface area (Å²) >= 11 is 0. The van der Waals surface area contributed by atoms with E-state index in [1.54, 1.807) is 30.9 Å². The number of carbonyl (C=O) groups excluding carboxylic acids is 4. The molecule has 15 nitrogen and oxygen atoms in total. The maximum absolute atomic E-state index is 13.0. The van der Waals surface area contributed by atoms with Gasteiger partial charge in [-0.2, -0.15) is 8.42 Å². The first-order valence-electron chi connectivity index (χ1n) is 21.4. The summed E-state index contributed by atoms with van der Waals surface area (Å²) in [5.74, 6) is 0.611. The van der Waals surface area contributed by atoms with Crippen molar-refractivity contribution in [1.82, 2.24) is 19.8 Å². The third kappa shape index (κ3) is 10.6. The van der Waals surface area contributed by atoms with E-state index < -0.39 is 27.7 Å². The van der Waals surface area contributed by atoms with Crippen molar-refractivity contribution in [2.24, 2.45) is 37.3 Å². The molecule has 16 heteroatoms. The fourth-order valence-electron chi connectivity index (χ4n) is 10.2. The Bertz CT molecular complexity index is 2150. The number of nitrogens with one attached hydrogen (secondary N) is 4. The minimum absolute atomic E-state index is 0.00969. The standard InChI is InChI=1S/C44H62N6O9S/c1-44-18-16-34-33-13-12-32(51)23-29(33)22-28(41(34)35(44)14-15-38(44)52)10-7-5-6-8-19-45-39(53)11-9-20-46-42(55)36-25-31(27-49(36)2)48-43(56)37-24-30(26-50(37)3)47-40(54)17-21-60(57,58)59-4/h12-13,23-28,34-35,38,41,51-52H,5-11,14-22H2,1-4H3,(H,45,53)(H,46,55)(H,47,54)(H,48,56)/t28-,34-,35+,38+,41-,44+/m1/s1. The maximum atomic E-state index is 13.0. The molecule has 2 heterocycles. The SMILES string of the molecule is COS(=O)(=O)CCC(=O)Nc1cc(C(=O)Nc2cc(C(=O)NCCCC(=O)NCCCCCC[C@@H]3Cc4cc(O)ccc4[C@H]4CC[C@]5(C)[C@@H](O)CC[C@H]5[C@H]34)n(C)c2)n(C)c1. The predicted molar refractivity (Wildman–Crippen MR) is 228 cm³/mol. The zero-order valence-corrected chi connectivity index (χ0v) is 36.1. The Morgan fingerprint density at radius 2 is 1.52 bits per heavy atom. The van der Waals surface area contributed by atoms with Crippen LogP contribution in [0.3, 0.4) is 0 Å². The van der Waals surface area contributed by atoms with Gasteiger partial charge in [0.1, 0.15) is 17.1 Å². The second-order valence-electron chi connectivity index (χ2n) is 17.3. The molecule has 6 N–H and O–H groups in total. The molecular weight excluding hydrogens is 789 g/mol. The van der Waals surface area contributed by atoms with Crippen LogP contribution < -0.4 is 21.3 Å². The van der Waals surface area contributed by atoms with Crippen LogP contribution in [0.15, 0.2) is 42.7 Å². The number of benzene rings is 1. The number of aliphatic hydroxyl groups is 1. The molecule has 1 aromatic carbocycles. The van der Waals surface area contributed by atoms with E-state index in [2.05, 4.69) is 38.4 Å². The largest absolute Gasteiger partial charge is 0.508 e. The first-order valence-corrected chi connectivity index (χ1v) is 22.9. The summed E-state index contributed by atoms with van der Waals surface area (Å²) in [6.07, 6.45) is 13.8. The number of amides is 4. The van der Waals surface area contributed by atoms with Gasteiger partial charge in [0.05, 0.1) is 30.3 Å². The zero-order valence-electron chi connectivity index (χ0n) is 35.3. The average Bonchev–Trinajstić information content (AvgIpc) is 3.87. The van der Waals surface area contributed by atoms with Crippen molar-refractivity contribution in [3.8, 4) is 5.75 Å². The van der Waals surface area contributed by atoms with Crippen molar-refractivity contribution in [3.05, 3.63) is 65.2 Å². The van der Waals surface area contributed by atoms with Gasteiger partial charge < -0.3 is 40.6 Å². The second-order valence-corrected chi connectivity index (χ2v) is 19.2. The number of carbonyl (C=O) groups is 4.